The molecule has 4 nitrogen and oxygen atoms in total. The SMILES string of the molecule is COC(=O)c1ccc(CNc2ccc(C#N)c(Cl)c2)cc1. The monoisotopic (exact) mass is 300 g/mol. The Hall–Kier alpha value is -2.51. The molecule has 0 amide bonds. The summed E-state index contributed by atoms with van der Waals surface area (Å²) < 4.78 is 4.64. The van der Waals surface area contributed by atoms with E-state index in [0.717, 1.165) is 11.3 Å². The van der Waals surface area contributed by atoms with Gasteiger partial charge in [0, 0.05) is 12.2 Å². The lowest BCUT2D eigenvalue weighted by molar-refractivity contribution is 0.0600. The van der Waals surface area contributed by atoms with Gasteiger partial charge in [0.15, 0.2) is 0 Å². The molecule has 0 aliphatic heterocycles. The Balaban J connectivity index is 2.01. The molecule has 0 aromatic heterocycles. The van der Waals surface area contributed by atoms with Crippen molar-refractivity contribution in [1.82, 2.24) is 0 Å². The third-order valence-corrected chi connectivity index (χ3v) is 3.27. The van der Waals surface area contributed by atoms with Gasteiger partial charge in [0.1, 0.15) is 6.07 Å². The first-order valence-electron chi connectivity index (χ1n) is 6.25. The van der Waals surface area contributed by atoms with Crippen molar-refractivity contribution in [3.63, 3.8) is 0 Å². The van der Waals surface area contributed by atoms with Crippen molar-refractivity contribution in [2.24, 2.45) is 0 Å². The first-order chi connectivity index (χ1) is 10.1. The van der Waals surface area contributed by atoms with Crippen LogP contribution in [-0.2, 0) is 11.3 Å². The Morgan fingerprint density at radius 2 is 2.00 bits per heavy atom. The van der Waals surface area contributed by atoms with E-state index < -0.39 is 0 Å². The van der Waals surface area contributed by atoms with Gasteiger partial charge >= 0.3 is 5.97 Å². The molecule has 0 saturated heterocycles. The second kappa shape index (κ2) is 6.78. The number of anilines is 1. The molecule has 2 aromatic carbocycles. The van der Waals surface area contributed by atoms with Crippen LogP contribution in [0, 0.1) is 11.3 Å². The Kier molecular flexibility index (Phi) is 4.81. The molecule has 0 fully saturated rings. The van der Waals surface area contributed by atoms with Gasteiger partial charge in [-0.1, -0.05) is 23.7 Å². The lowest BCUT2D eigenvalue weighted by Crippen LogP contribution is -2.03. The van der Waals surface area contributed by atoms with Crippen molar-refractivity contribution < 1.29 is 9.53 Å². The fourth-order valence-corrected chi connectivity index (χ4v) is 2.02. The number of ether oxygens (including phenoxy) is 1. The molecule has 21 heavy (non-hydrogen) atoms. The zero-order chi connectivity index (χ0) is 15.2. The van der Waals surface area contributed by atoms with Crippen molar-refractivity contribution in [3.8, 4) is 6.07 Å². The molecule has 106 valence electrons. The minimum absolute atomic E-state index is 0.353. The number of halogens is 1. The highest BCUT2D eigenvalue weighted by atomic mass is 35.5. The fraction of sp³-hybridized carbons (Fsp3) is 0.125. The molecule has 0 radical (unpaired) electrons. The zero-order valence-corrected chi connectivity index (χ0v) is 12.1. The van der Waals surface area contributed by atoms with E-state index in [0.29, 0.717) is 22.7 Å². The molecule has 0 spiro atoms. The summed E-state index contributed by atoms with van der Waals surface area (Å²) in [7, 11) is 1.35. The molecule has 0 heterocycles. The quantitative estimate of drug-likeness (QED) is 0.876. The second-order valence-corrected chi connectivity index (χ2v) is 4.76. The van der Waals surface area contributed by atoms with Gasteiger partial charge in [0.25, 0.3) is 0 Å². The summed E-state index contributed by atoms with van der Waals surface area (Å²) in [5, 5.41) is 12.4. The van der Waals surface area contributed by atoms with Gasteiger partial charge in [-0.3, -0.25) is 0 Å². The van der Waals surface area contributed by atoms with Crippen LogP contribution in [0.1, 0.15) is 21.5 Å². The number of nitriles is 1. The molecule has 0 unspecified atom stereocenters. The lowest BCUT2D eigenvalue weighted by atomic mass is 10.1. The van der Waals surface area contributed by atoms with Crippen LogP contribution in [0.25, 0.3) is 0 Å². The molecule has 2 aromatic rings. The predicted octanol–water partition coefficient (Wildman–Crippen LogP) is 3.61. The van der Waals surface area contributed by atoms with Crippen LogP contribution in [0.15, 0.2) is 42.5 Å². The van der Waals surface area contributed by atoms with Crippen molar-refractivity contribution in [2.45, 2.75) is 6.54 Å². The average Bonchev–Trinajstić information content (AvgIpc) is 2.52. The van der Waals surface area contributed by atoms with Crippen LogP contribution in [0.3, 0.4) is 0 Å². The largest absolute Gasteiger partial charge is 0.465 e. The van der Waals surface area contributed by atoms with E-state index in [1.807, 2.05) is 18.2 Å². The fourth-order valence-electron chi connectivity index (χ4n) is 1.80. The Bertz CT molecular complexity index is 690. The van der Waals surface area contributed by atoms with Crippen LogP contribution >= 0.6 is 11.6 Å². The number of hydrogen-bond acceptors (Lipinski definition) is 4. The van der Waals surface area contributed by atoms with E-state index in [9.17, 15) is 4.79 Å². The van der Waals surface area contributed by atoms with Crippen molar-refractivity contribution in [1.29, 1.82) is 5.26 Å². The number of methoxy groups -OCH3 is 1. The van der Waals surface area contributed by atoms with E-state index in [1.54, 1.807) is 30.3 Å². The maximum Gasteiger partial charge on any atom is 0.337 e. The summed E-state index contributed by atoms with van der Waals surface area (Å²) in [5.74, 6) is -0.353. The highest BCUT2D eigenvalue weighted by Crippen LogP contribution is 2.20. The molecule has 0 aliphatic rings. The van der Waals surface area contributed by atoms with E-state index in [4.69, 9.17) is 16.9 Å². The van der Waals surface area contributed by atoms with E-state index in [1.165, 1.54) is 7.11 Å². The smallest absolute Gasteiger partial charge is 0.337 e. The first-order valence-corrected chi connectivity index (χ1v) is 6.62. The number of benzene rings is 2. The number of carbonyl (C=O) groups excluding carboxylic acids is 1. The summed E-state index contributed by atoms with van der Waals surface area (Å²) in [6.07, 6.45) is 0. The second-order valence-electron chi connectivity index (χ2n) is 4.35. The summed E-state index contributed by atoms with van der Waals surface area (Å²) in [6, 6.07) is 14.3. The molecule has 2 rings (SSSR count). The molecule has 0 bridgehead atoms. The van der Waals surface area contributed by atoms with Crippen molar-refractivity contribution >= 4 is 23.3 Å². The average molecular weight is 301 g/mol. The van der Waals surface area contributed by atoms with Crippen molar-refractivity contribution in [2.75, 3.05) is 12.4 Å². The summed E-state index contributed by atoms with van der Waals surface area (Å²) >= 11 is 5.97. The van der Waals surface area contributed by atoms with Crippen LogP contribution in [0.2, 0.25) is 5.02 Å². The number of esters is 1. The van der Waals surface area contributed by atoms with Gasteiger partial charge < -0.3 is 10.1 Å². The Morgan fingerprint density at radius 1 is 1.29 bits per heavy atom. The maximum atomic E-state index is 11.3. The summed E-state index contributed by atoms with van der Waals surface area (Å²) in [6.45, 7) is 0.587. The third kappa shape index (κ3) is 3.74. The van der Waals surface area contributed by atoms with Gasteiger partial charge in [0.2, 0.25) is 0 Å². The Morgan fingerprint density at radius 3 is 2.57 bits per heavy atom. The topological polar surface area (TPSA) is 62.1 Å². The van der Waals surface area contributed by atoms with Gasteiger partial charge in [-0.25, -0.2) is 4.79 Å². The minimum atomic E-state index is -0.353. The molecule has 0 saturated carbocycles. The summed E-state index contributed by atoms with van der Waals surface area (Å²) in [4.78, 5) is 11.3. The number of rotatable bonds is 4. The normalized spacial score (nSPS) is 9.76. The van der Waals surface area contributed by atoms with Crippen LogP contribution in [0.5, 0.6) is 0 Å². The number of nitrogens with one attached hydrogen (secondary N) is 1. The first kappa shape index (κ1) is 14.9. The maximum absolute atomic E-state index is 11.3. The molecular weight excluding hydrogens is 288 g/mol. The van der Waals surface area contributed by atoms with Gasteiger partial charge in [0.05, 0.1) is 23.3 Å². The highest BCUT2D eigenvalue weighted by Gasteiger charge is 2.05. The van der Waals surface area contributed by atoms with Gasteiger partial charge in [-0.05, 0) is 35.9 Å². The molecule has 5 heteroatoms. The number of nitrogens with zero attached hydrogens (tertiary/aromatic N) is 1. The number of carbonyl (C=O) groups is 1. The van der Waals surface area contributed by atoms with Crippen LogP contribution < -0.4 is 5.32 Å². The third-order valence-electron chi connectivity index (χ3n) is 2.96. The van der Waals surface area contributed by atoms with Crippen molar-refractivity contribution in [3.05, 3.63) is 64.2 Å². The number of hydrogen-bond donors (Lipinski definition) is 1. The highest BCUT2D eigenvalue weighted by molar-refractivity contribution is 6.32. The molecule has 1 N–H and O–H groups in total. The molecule has 0 atom stereocenters. The van der Waals surface area contributed by atoms with Crippen LogP contribution in [0.4, 0.5) is 5.69 Å². The summed E-state index contributed by atoms with van der Waals surface area (Å²) in [5.41, 5.74) is 2.81. The zero-order valence-electron chi connectivity index (χ0n) is 11.4. The van der Waals surface area contributed by atoms with Gasteiger partial charge in [-0.2, -0.15) is 5.26 Å². The van der Waals surface area contributed by atoms with Crippen LogP contribution in [-0.4, -0.2) is 13.1 Å². The van der Waals surface area contributed by atoms with E-state index in [2.05, 4.69) is 10.1 Å². The lowest BCUT2D eigenvalue weighted by Gasteiger charge is -2.08. The standard InChI is InChI=1S/C16H13ClN2O2/c1-21-16(20)12-4-2-11(3-5-12)10-19-14-7-6-13(9-18)15(17)8-14/h2-8,19H,10H2,1H3. The predicted molar refractivity (Wildman–Crippen MR) is 81.3 cm³/mol. The molecule has 0 aliphatic carbocycles. The van der Waals surface area contributed by atoms with Gasteiger partial charge in [-0.15, -0.1) is 0 Å². The minimum Gasteiger partial charge on any atom is -0.465 e. The molecular formula is C16H13ClN2O2. The Labute approximate surface area is 127 Å². The van der Waals surface area contributed by atoms with E-state index in [-0.39, 0.29) is 5.97 Å². The van der Waals surface area contributed by atoms with E-state index >= 15 is 0 Å².